The molecule has 3 rings (SSSR count). The highest BCUT2D eigenvalue weighted by Crippen LogP contribution is 2.22. The molecule has 0 atom stereocenters. The summed E-state index contributed by atoms with van der Waals surface area (Å²) in [6.45, 7) is 3.34. The Morgan fingerprint density at radius 3 is 2.48 bits per heavy atom. The van der Waals surface area contributed by atoms with Gasteiger partial charge >= 0.3 is 0 Å². The molecule has 0 amide bonds. The van der Waals surface area contributed by atoms with Gasteiger partial charge in [0.25, 0.3) is 0 Å². The molecule has 5 heteroatoms. The van der Waals surface area contributed by atoms with E-state index in [1.807, 2.05) is 36.4 Å². The van der Waals surface area contributed by atoms with E-state index in [4.69, 9.17) is 28.2 Å². The van der Waals surface area contributed by atoms with Crippen molar-refractivity contribution in [3.05, 3.63) is 88.8 Å². The molecule has 128 valence electrons. The van der Waals surface area contributed by atoms with Crippen molar-refractivity contribution in [2.45, 2.75) is 20.0 Å². The van der Waals surface area contributed by atoms with Crippen LogP contribution in [0.2, 0.25) is 5.02 Å². The van der Waals surface area contributed by atoms with Crippen LogP contribution >= 0.6 is 23.8 Å². The smallest absolute Gasteiger partial charge is 0.174 e. The molecular weight excluding hydrogens is 352 g/mol. The van der Waals surface area contributed by atoms with Gasteiger partial charge in [-0.3, -0.25) is 0 Å². The molecule has 0 aliphatic heterocycles. The highest BCUT2D eigenvalue weighted by molar-refractivity contribution is 7.80. The number of thiocarbonyl (C=S) groups is 1. The first kappa shape index (κ1) is 17.5. The van der Waals surface area contributed by atoms with E-state index in [2.05, 4.69) is 41.4 Å². The second-order valence-electron chi connectivity index (χ2n) is 5.83. The minimum atomic E-state index is 0.581. The molecule has 1 aromatic heterocycles. The number of para-hydroxylation sites is 1. The molecule has 25 heavy (non-hydrogen) atoms. The Morgan fingerprint density at radius 2 is 1.80 bits per heavy atom. The Morgan fingerprint density at radius 1 is 1.04 bits per heavy atom. The van der Waals surface area contributed by atoms with Gasteiger partial charge in [0.05, 0.1) is 23.5 Å². The van der Waals surface area contributed by atoms with E-state index in [0.717, 1.165) is 11.4 Å². The second-order valence-corrected chi connectivity index (χ2v) is 6.62. The van der Waals surface area contributed by atoms with Gasteiger partial charge in [0.15, 0.2) is 5.11 Å². The normalized spacial score (nSPS) is 10.5. The summed E-state index contributed by atoms with van der Waals surface area (Å²) in [5.41, 5.74) is 3.21. The Bertz CT molecular complexity index is 831. The lowest BCUT2D eigenvalue weighted by atomic mass is 10.1. The summed E-state index contributed by atoms with van der Waals surface area (Å²) in [5, 5.41) is 4.48. The highest BCUT2D eigenvalue weighted by Gasteiger charge is 2.14. The molecule has 0 fully saturated rings. The molecule has 0 saturated heterocycles. The zero-order valence-electron chi connectivity index (χ0n) is 13.9. The van der Waals surface area contributed by atoms with Gasteiger partial charge in [-0.05, 0) is 49.0 Å². The van der Waals surface area contributed by atoms with Crippen molar-refractivity contribution in [3.63, 3.8) is 0 Å². The van der Waals surface area contributed by atoms with E-state index in [9.17, 15) is 0 Å². The Kier molecular flexibility index (Phi) is 5.74. The monoisotopic (exact) mass is 370 g/mol. The van der Waals surface area contributed by atoms with Gasteiger partial charge in [-0.1, -0.05) is 53.6 Å². The molecule has 1 N–H and O–H groups in total. The van der Waals surface area contributed by atoms with Gasteiger partial charge in [-0.25, -0.2) is 0 Å². The van der Waals surface area contributed by atoms with Gasteiger partial charge in [0.1, 0.15) is 5.76 Å². The van der Waals surface area contributed by atoms with Crippen molar-refractivity contribution >= 4 is 34.6 Å². The third kappa shape index (κ3) is 4.84. The number of hydrogen-bond acceptors (Lipinski definition) is 2. The number of nitrogens with zero attached hydrogens (tertiary/aromatic N) is 1. The standard InChI is InChI=1S/C20H19ClN2OS/c1-15-8-10-16(11-9-15)13-23(14-17-5-4-12-24-17)20(25)22-19-7-3-2-6-18(19)21/h2-12H,13-14H2,1H3,(H,22,25). The molecular formula is C20H19ClN2OS. The lowest BCUT2D eigenvalue weighted by Crippen LogP contribution is -2.33. The summed E-state index contributed by atoms with van der Waals surface area (Å²) in [7, 11) is 0. The third-order valence-electron chi connectivity index (χ3n) is 3.82. The third-order valence-corrected chi connectivity index (χ3v) is 4.51. The number of rotatable bonds is 5. The number of hydrogen-bond donors (Lipinski definition) is 1. The first-order chi connectivity index (χ1) is 12.1. The molecule has 0 aliphatic rings. The van der Waals surface area contributed by atoms with Crippen LogP contribution in [0.25, 0.3) is 0 Å². The summed E-state index contributed by atoms with van der Waals surface area (Å²) in [5.74, 6) is 0.857. The Labute approximate surface area is 158 Å². The molecule has 0 aliphatic carbocycles. The maximum Gasteiger partial charge on any atom is 0.174 e. The fourth-order valence-electron chi connectivity index (χ4n) is 2.46. The van der Waals surface area contributed by atoms with Crippen molar-refractivity contribution < 1.29 is 4.42 Å². The van der Waals surface area contributed by atoms with Crippen molar-refractivity contribution in [2.75, 3.05) is 5.32 Å². The summed E-state index contributed by atoms with van der Waals surface area (Å²) in [6, 6.07) is 19.8. The summed E-state index contributed by atoms with van der Waals surface area (Å²) >= 11 is 11.9. The SMILES string of the molecule is Cc1ccc(CN(Cc2ccco2)C(=S)Nc2ccccc2Cl)cc1. The maximum absolute atomic E-state index is 6.23. The van der Waals surface area contributed by atoms with Crippen LogP contribution in [0.15, 0.2) is 71.3 Å². The topological polar surface area (TPSA) is 28.4 Å². The van der Waals surface area contributed by atoms with Crippen molar-refractivity contribution in [3.8, 4) is 0 Å². The number of benzene rings is 2. The summed E-state index contributed by atoms with van der Waals surface area (Å²) in [4.78, 5) is 2.06. The van der Waals surface area contributed by atoms with Crippen LogP contribution < -0.4 is 5.32 Å². The lowest BCUT2D eigenvalue weighted by molar-refractivity contribution is 0.360. The first-order valence-corrected chi connectivity index (χ1v) is 8.79. The highest BCUT2D eigenvalue weighted by atomic mass is 35.5. The maximum atomic E-state index is 6.23. The lowest BCUT2D eigenvalue weighted by Gasteiger charge is -2.25. The fourth-order valence-corrected chi connectivity index (χ4v) is 2.88. The van der Waals surface area contributed by atoms with E-state index < -0.39 is 0 Å². The molecule has 0 unspecified atom stereocenters. The largest absolute Gasteiger partial charge is 0.467 e. The number of halogens is 1. The molecule has 0 spiro atoms. The zero-order chi connectivity index (χ0) is 17.6. The van der Waals surface area contributed by atoms with Crippen LogP contribution in [0.1, 0.15) is 16.9 Å². The quantitative estimate of drug-likeness (QED) is 0.588. The first-order valence-electron chi connectivity index (χ1n) is 8.00. The molecule has 0 saturated carbocycles. The predicted octanol–water partition coefficient (Wildman–Crippen LogP) is 5.64. The van der Waals surface area contributed by atoms with Gasteiger partial charge in [0.2, 0.25) is 0 Å². The summed E-state index contributed by atoms with van der Waals surface area (Å²) in [6.07, 6.45) is 1.67. The van der Waals surface area contributed by atoms with Gasteiger partial charge < -0.3 is 14.6 Å². The van der Waals surface area contributed by atoms with Crippen molar-refractivity contribution in [1.82, 2.24) is 4.90 Å². The number of anilines is 1. The molecule has 1 heterocycles. The van der Waals surface area contributed by atoms with Crippen molar-refractivity contribution in [2.24, 2.45) is 0 Å². The van der Waals surface area contributed by atoms with E-state index in [0.29, 0.717) is 23.2 Å². The van der Waals surface area contributed by atoms with Gasteiger partial charge in [-0.15, -0.1) is 0 Å². The Balaban J connectivity index is 1.78. The zero-order valence-corrected chi connectivity index (χ0v) is 15.5. The average molecular weight is 371 g/mol. The Hall–Kier alpha value is -2.30. The van der Waals surface area contributed by atoms with Crippen molar-refractivity contribution in [1.29, 1.82) is 0 Å². The fraction of sp³-hybridized carbons (Fsp3) is 0.150. The van der Waals surface area contributed by atoms with E-state index >= 15 is 0 Å². The minimum Gasteiger partial charge on any atom is -0.467 e. The minimum absolute atomic E-state index is 0.581. The average Bonchev–Trinajstić information content (AvgIpc) is 3.11. The molecule has 2 aromatic carbocycles. The van der Waals surface area contributed by atoms with Crippen LogP contribution in [0.3, 0.4) is 0 Å². The molecule has 0 radical (unpaired) electrons. The summed E-state index contributed by atoms with van der Waals surface area (Å²) < 4.78 is 5.49. The van der Waals surface area contributed by atoms with E-state index in [-0.39, 0.29) is 0 Å². The van der Waals surface area contributed by atoms with Crippen LogP contribution in [0.4, 0.5) is 5.69 Å². The van der Waals surface area contributed by atoms with Crippen LogP contribution in [-0.2, 0) is 13.1 Å². The molecule has 0 bridgehead atoms. The van der Waals surface area contributed by atoms with E-state index in [1.54, 1.807) is 6.26 Å². The predicted molar refractivity (Wildman–Crippen MR) is 107 cm³/mol. The van der Waals surface area contributed by atoms with Crippen LogP contribution in [0, 0.1) is 6.92 Å². The van der Waals surface area contributed by atoms with Crippen LogP contribution in [-0.4, -0.2) is 10.0 Å². The number of furan rings is 1. The molecule has 3 aromatic rings. The van der Waals surface area contributed by atoms with Gasteiger partial charge in [-0.2, -0.15) is 0 Å². The second kappa shape index (κ2) is 8.19. The van der Waals surface area contributed by atoms with E-state index in [1.165, 1.54) is 11.1 Å². The number of aryl methyl sites for hydroxylation is 1. The molecule has 3 nitrogen and oxygen atoms in total. The van der Waals surface area contributed by atoms with Gasteiger partial charge in [0, 0.05) is 6.54 Å². The number of nitrogens with one attached hydrogen (secondary N) is 1. The van der Waals surface area contributed by atoms with Crippen LogP contribution in [0.5, 0.6) is 0 Å².